The van der Waals surface area contributed by atoms with Gasteiger partial charge in [-0.25, -0.2) is 0 Å². The molecule has 0 aromatic heterocycles. The van der Waals surface area contributed by atoms with Crippen molar-refractivity contribution in [1.82, 2.24) is 0 Å². The Balaban J connectivity index is 1.99. The molecule has 0 radical (unpaired) electrons. The van der Waals surface area contributed by atoms with Crippen molar-refractivity contribution in [2.75, 3.05) is 6.61 Å². The van der Waals surface area contributed by atoms with Crippen molar-refractivity contribution in [3.8, 4) is 5.75 Å². The summed E-state index contributed by atoms with van der Waals surface area (Å²) in [4.78, 5) is 0. The molecule has 0 bridgehead atoms. The molecule has 2 rings (SSSR count). The molecule has 0 saturated carbocycles. The van der Waals surface area contributed by atoms with Crippen LogP contribution in [-0.4, -0.2) is 6.61 Å². The summed E-state index contributed by atoms with van der Waals surface area (Å²) in [5, 5.41) is 0. The minimum atomic E-state index is 0.190. The van der Waals surface area contributed by atoms with Crippen molar-refractivity contribution in [1.29, 1.82) is 0 Å². The number of allylic oxidation sites excluding steroid dienone is 1. The first-order valence-corrected chi connectivity index (χ1v) is 6.43. The molecule has 1 atom stereocenters. The molecule has 2 N–H and O–H groups in total. The fourth-order valence-corrected chi connectivity index (χ4v) is 2.32. The number of hydrogen-bond donors (Lipinski definition) is 1. The van der Waals surface area contributed by atoms with Crippen LogP contribution in [0.25, 0.3) is 0 Å². The first-order chi connectivity index (χ1) is 8.31. The number of fused-ring (bicyclic) bond motifs is 1. The lowest BCUT2D eigenvalue weighted by Crippen LogP contribution is -2.17. The third kappa shape index (κ3) is 3.10. The highest BCUT2D eigenvalue weighted by Gasteiger charge is 2.16. The van der Waals surface area contributed by atoms with E-state index in [1.54, 1.807) is 0 Å². The summed E-state index contributed by atoms with van der Waals surface area (Å²) in [5.74, 6) is 0.949. The number of nitrogens with two attached hydrogens (primary N) is 1. The molecule has 0 fully saturated rings. The van der Waals surface area contributed by atoms with E-state index in [-0.39, 0.29) is 6.04 Å². The van der Waals surface area contributed by atoms with E-state index in [1.165, 1.54) is 17.5 Å². The lowest BCUT2D eigenvalue weighted by atomic mass is 9.88. The average Bonchev–Trinajstić information content (AvgIpc) is 2.36. The smallest absolute Gasteiger partial charge is 0.119 e. The van der Waals surface area contributed by atoms with Crippen molar-refractivity contribution in [2.45, 2.75) is 38.1 Å². The van der Waals surface area contributed by atoms with Gasteiger partial charge in [-0.15, -0.1) is 6.58 Å². The summed E-state index contributed by atoms with van der Waals surface area (Å²) in [5.41, 5.74) is 8.79. The van der Waals surface area contributed by atoms with Gasteiger partial charge in [-0.3, -0.25) is 0 Å². The second-order valence-electron chi connectivity index (χ2n) is 4.64. The third-order valence-electron chi connectivity index (χ3n) is 3.30. The summed E-state index contributed by atoms with van der Waals surface area (Å²) in [6, 6.07) is 6.53. The van der Waals surface area contributed by atoms with Crippen LogP contribution >= 0.6 is 0 Å². The maximum absolute atomic E-state index is 6.12. The monoisotopic (exact) mass is 231 g/mol. The number of aryl methyl sites for hydroxylation is 1. The van der Waals surface area contributed by atoms with Crippen molar-refractivity contribution in [3.05, 3.63) is 42.0 Å². The number of rotatable bonds is 5. The van der Waals surface area contributed by atoms with Gasteiger partial charge in [0, 0.05) is 6.04 Å². The van der Waals surface area contributed by atoms with Crippen LogP contribution in [0.15, 0.2) is 30.9 Å². The molecule has 1 unspecified atom stereocenters. The highest BCUT2D eigenvalue weighted by molar-refractivity contribution is 5.39. The summed E-state index contributed by atoms with van der Waals surface area (Å²) >= 11 is 0. The molecule has 17 heavy (non-hydrogen) atoms. The van der Waals surface area contributed by atoms with E-state index in [2.05, 4.69) is 24.8 Å². The fourth-order valence-electron chi connectivity index (χ4n) is 2.32. The van der Waals surface area contributed by atoms with Crippen LogP contribution in [-0.2, 0) is 6.42 Å². The van der Waals surface area contributed by atoms with Gasteiger partial charge in [0.05, 0.1) is 6.61 Å². The van der Waals surface area contributed by atoms with Gasteiger partial charge in [0.15, 0.2) is 0 Å². The lowest BCUT2D eigenvalue weighted by Gasteiger charge is -2.22. The number of benzene rings is 1. The SMILES string of the molecule is C=CCCCOc1ccc2c(c1)C(N)CCC2. The first kappa shape index (κ1) is 12.2. The summed E-state index contributed by atoms with van der Waals surface area (Å²) < 4.78 is 5.72. The van der Waals surface area contributed by atoms with Crippen LogP contribution in [0.3, 0.4) is 0 Å². The molecular formula is C15H21NO. The van der Waals surface area contributed by atoms with E-state index >= 15 is 0 Å². The van der Waals surface area contributed by atoms with Crippen LogP contribution in [0, 0.1) is 0 Å². The maximum Gasteiger partial charge on any atom is 0.119 e. The highest BCUT2D eigenvalue weighted by atomic mass is 16.5. The second-order valence-corrected chi connectivity index (χ2v) is 4.64. The van der Waals surface area contributed by atoms with Gasteiger partial charge in [0.1, 0.15) is 5.75 Å². The minimum Gasteiger partial charge on any atom is -0.494 e. The van der Waals surface area contributed by atoms with Gasteiger partial charge in [-0.1, -0.05) is 12.1 Å². The minimum absolute atomic E-state index is 0.190. The average molecular weight is 231 g/mol. The van der Waals surface area contributed by atoms with Crippen LogP contribution in [0.2, 0.25) is 0 Å². The summed E-state index contributed by atoms with van der Waals surface area (Å²) in [6.07, 6.45) is 7.39. The number of hydrogen-bond acceptors (Lipinski definition) is 2. The Morgan fingerprint density at radius 1 is 1.47 bits per heavy atom. The zero-order valence-corrected chi connectivity index (χ0v) is 10.3. The molecule has 1 aromatic rings. The Bertz CT molecular complexity index is 387. The standard InChI is InChI=1S/C15H21NO/c1-2-3-4-10-17-13-9-8-12-6-5-7-15(16)14(12)11-13/h2,8-9,11,15H,1,3-7,10,16H2. The highest BCUT2D eigenvalue weighted by Crippen LogP contribution is 2.30. The molecule has 0 aliphatic heterocycles. The largest absolute Gasteiger partial charge is 0.494 e. The van der Waals surface area contributed by atoms with E-state index < -0.39 is 0 Å². The van der Waals surface area contributed by atoms with Gasteiger partial charge < -0.3 is 10.5 Å². The van der Waals surface area contributed by atoms with Crippen molar-refractivity contribution in [2.24, 2.45) is 5.73 Å². The predicted octanol–water partition coefficient (Wildman–Crippen LogP) is 3.37. The lowest BCUT2D eigenvalue weighted by molar-refractivity contribution is 0.311. The predicted molar refractivity (Wildman–Crippen MR) is 71.2 cm³/mol. The van der Waals surface area contributed by atoms with Gasteiger partial charge in [0.25, 0.3) is 0 Å². The van der Waals surface area contributed by atoms with Crippen molar-refractivity contribution < 1.29 is 4.74 Å². The van der Waals surface area contributed by atoms with E-state index in [1.807, 2.05) is 6.08 Å². The molecule has 1 aliphatic carbocycles. The zero-order chi connectivity index (χ0) is 12.1. The molecule has 1 aromatic carbocycles. The Morgan fingerprint density at radius 2 is 2.35 bits per heavy atom. The normalized spacial score (nSPS) is 18.5. The van der Waals surface area contributed by atoms with Crippen molar-refractivity contribution >= 4 is 0 Å². The van der Waals surface area contributed by atoms with Gasteiger partial charge in [0.2, 0.25) is 0 Å². The summed E-state index contributed by atoms with van der Waals surface area (Å²) in [7, 11) is 0. The van der Waals surface area contributed by atoms with Gasteiger partial charge in [-0.05, 0) is 55.4 Å². The van der Waals surface area contributed by atoms with Crippen LogP contribution in [0.4, 0.5) is 0 Å². The molecule has 0 spiro atoms. The quantitative estimate of drug-likeness (QED) is 0.623. The van der Waals surface area contributed by atoms with E-state index in [4.69, 9.17) is 10.5 Å². The van der Waals surface area contributed by atoms with Crippen LogP contribution < -0.4 is 10.5 Å². The molecule has 0 amide bonds. The molecule has 92 valence electrons. The van der Waals surface area contributed by atoms with E-state index in [0.29, 0.717) is 0 Å². The molecule has 0 heterocycles. The van der Waals surface area contributed by atoms with Gasteiger partial charge >= 0.3 is 0 Å². The molecule has 2 heteroatoms. The topological polar surface area (TPSA) is 35.2 Å². The van der Waals surface area contributed by atoms with Crippen LogP contribution in [0.5, 0.6) is 5.75 Å². The molecule has 2 nitrogen and oxygen atoms in total. The Hall–Kier alpha value is -1.28. The Labute approximate surface area is 103 Å². The van der Waals surface area contributed by atoms with Crippen molar-refractivity contribution in [3.63, 3.8) is 0 Å². The fraction of sp³-hybridized carbons (Fsp3) is 0.467. The third-order valence-corrected chi connectivity index (χ3v) is 3.30. The maximum atomic E-state index is 6.12. The Kier molecular flexibility index (Phi) is 4.21. The van der Waals surface area contributed by atoms with E-state index in [9.17, 15) is 0 Å². The van der Waals surface area contributed by atoms with E-state index in [0.717, 1.165) is 38.0 Å². The van der Waals surface area contributed by atoms with Gasteiger partial charge in [-0.2, -0.15) is 0 Å². The number of unbranched alkanes of at least 4 members (excludes halogenated alkanes) is 1. The number of ether oxygens (including phenoxy) is 1. The van der Waals surface area contributed by atoms with Crippen LogP contribution in [0.1, 0.15) is 42.9 Å². The molecular weight excluding hydrogens is 210 g/mol. The Morgan fingerprint density at radius 3 is 3.18 bits per heavy atom. The second kappa shape index (κ2) is 5.87. The summed E-state index contributed by atoms with van der Waals surface area (Å²) in [6.45, 7) is 4.45. The molecule has 1 aliphatic rings. The first-order valence-electron chi connectivity index (χ1n) is 6.43. The molecule has 0 saturated heterocycles. The zero-order valence-electron chi connectivity index (χ0n) is 10.3.